The van der Waals surface area contributed by atoms with Gasteiger partial charge in [-0.15, -0.1) is 0 Å². The van der Waals surface area contributed by atoms with E-state index in [0.29, 0.717) is 11.7 Å². The molecule has 0 amide bonds. The number of aromatic nitrogens is 2. The van der Waals surface area contributed by atoms with Gasteiger partial charge in [0.25, 0.3) is 0 Å². The predicted octanol–water partition coefficient (Wildman–Crippen LogP) is 1.06. The van der Waals surface area contributed by atoms with Gasteiger partial charge in [0.2, 0.25) is 0 Å². The van der Waals surface area contributed by atoms with E-state index in [0.717, 1.165) is 18.6 Å². The topological polar surface area (TPSA) is 76.2 Å². The van der Waals surface area contributed by atoms with E-state index in [1.54, 1.807) is 0 Å². The van der Waals surface area contributed by atoms with E-state index < -0.39 is 5.97 Å². The van der Waals surface area contributed by atoms with Crippen LogP contribution in [0.2, 0.25) is 0 Å². The molecule has 1 aliphatic heterocycles. The van der Waals surface area contributed by atoms with Crippen LogP contribution >= 0.6 is 11.8 Å². The van der Waals surface area contributed by atoms with Gasteiger partial charge in [-0.05, 0) is 23.8 Å². The Bertz CT molecular complexity index is 333. The summed E-state index contributed by atoms with van der Waals surface area (Å²) < 4.78 is 4.57. The molecule has 1 atom stereocenters. The van der Waals surface area contributed by atoms with Crippen LogP contribution in [-0.4, -0.2) is 32.7 Å². The zero-order valence-electron chi connectivity index (χ0n) is 7.47. The van der Waals surface area contributed by atoms with Gasteiger partial charge in [0.1, 0.15) is 0 Å². The Morgan fingerprint density at radius 3 is 3.14 bits per heavy atom. The average Bonchev–Trinajstić information content (AvgIpc) is 2.75. The number of aromatic carboxylic acids is 1. The van der Waals surface area contributed by atoms with Gasteiger partial charge in [-0.25, -0.2) is 4.79 Å². The van der Waals surface area contributed by atoms with Crippen LogP contribution in [0.4, 0.5) is 0 Å². The minimum Gasteiger partial charge on any atom is -0.474 e. The van der Waals surface area contributed by atoms with Crippen molar-refractivity contribution in [3.8, 4) is 0 Å². The molecule has 2 heterocycles. The Hall–Kier alpha value is -1.04. The summed E-state index contributed by atoms with van der Waals surface area (Å²) in [5.41, 5.74) is 0. The number of hydrogen-bond donors (Lipinski definition) is 1. The molecule has 0 spiro atoms. The molecular weight excluding hydrogens is 204 g/mol. The van der Waals surface area contributed by atoms with Gasteiger partial charge in [-0.1, -0.05) is 5.16 Å². The van der Waals surface area contributed by atoms with Crippen molar-refractivity contribution in [2.45, 2.75) is 12.8 Å². The highest BCUT2D eigenvalue weighted by molar-refractivity contribution is 7.99. The number of hydrogen-bond acceptors (Lipinski definition) is 5. The molecule has 1 aromatic heterocycles. The maximum absolute atomic E-state index is 10.5. The summed E-state index contributed by atoms with van der Waals surface area (Å²) in [6, 6.07) is 0. The molecule has 1 aliphatic rings. The molecule has 6 heteroatoms. The van der Waals surface area contributed by atoms with Crippen LogP contribution < -0.4 is 0 Å². The fourth-order valence-corrected chi connectivity index (χ4v) is 2.71. The van der Waals surface area contributed by atoms with Gasteiger partial charge < -0.3 is 9.63 Å². The van der Waals surface area contributed by atoms with Crippen molar-refractivity contribution >= 4 is 17.7 Å². The third kappa shape index (κ3) is 2.06. The summed E-state index contributed by atoms with van der Waals surface area (Å²) in [6.45, 7) is 0. The van der Waals surface area contributed by atoms with Crippen molar-refractivity contribution in [2.75, 3.05) is 11.5 Å². The largest absolute Gasteiger partial charge is 0.474 e. The maximum Gasteiger partial charge on any atom is 0.394 e. The smallest absolute Gasteiger partial charge is 0.394 e. The Kier molecular flexibility index (Phi) is 2.72. The van der Waals surface area contributed by atoms with Gasteiger partial charge in [0.05, 0.1) is 0 Å². The van der Waals surface area contributed by atoms with Gasteiger partial charge in [0, 0.05) is 6.42 Å². The molecule has 76 valence electrons. The monoisotopic (exact) mass is 214 g/mol. The van der Waals surface area contributed by atoms with E-state index in [9.17, 15) is 4.79 Å². The molecule has 0 aliphatic carbocycles. The van der Waals surface area contributed by atoms with Crippen molar-refractivity contribution in [1.29, 1.82) is 0 Å². The first kappa shape index (κ1) is 9.51. The summed E-state index contributed by atoms with van der Waals surface area (Å²) in [5, 5.41) is 12.2. The van der Waals surface area contributed by atoms with Crippen LogP contribution in [0.5, 0.6) is 0 Å². The third-order valence-corrected chi connectivity index (χ3v) is 3.38. The average molecular weight is 214 g/mol. The van der Waals surface area contributed by atoms with E-state index in [4.69, 9.17) is 5.11 Å². The van der Waals surface area contributed by atoms with Crippen LogP contribution in [0.25, 0.3) is 0 Å². The molecule has 1 N–H and O–H groups in total. The summed E-state index contributed by atoms with van der Waals surface area (Å²) in [6.07, 6.45) is 1.88. The number of rotatable bonds is 3. The number of carboxylic acid groups (broad SMARTS) is 1. The minimum atomic E-state index is -1.16. The summed E-state index contributed by atoms with van der Waals surface area (Å²) in [7, 11) is 0. The molecule has 0 aromatic carbocycles. The lowest BCUT2D eigenvalue weighted by Gasteiger charge is -2.01. The van der Waals surface area contributed by atoms with E-state index in [1.807, 2.05) is 11.8 Å². The van der Waals surface area contributed by atoms with Crippen molar-refractivity contribution in [3.05, 3.63) is 11.7 Å². The number of carboxylic acids is 1. The first-order valence-electron chi connectivity index (χ1n) is 4.39. The number of thioether (sulfide) groups is 1. The fraction of sp³-hybridized carbons (Fsp3) is 0.625. The van der Waals surface area contributed by atoms with Crippen molar-refractivity contribution in [1.82, 2.24) is 10.1 Å². The summed E-state index contributed by atoms with van der Waals surface area (Å²) in [4.78, 5) is 14.2. The molecule has 0 saturated carbocycles. The Morgan fingerprint density at radius 1 is 1.71 bits per heavy atom. The lowest BCUT2D eigenvalue weighted by atomic mass is 10.1. The van der Waals surface area contributed by atoms with Gasteiger partial charge in [0.15, 0.2) is 5.82 Å². The molecule has 1 unspecified atom stereocenters. The van der Waals surface area contributed by atoms with Gasteiger partial charge >= 0.3 is 11.9 Å². The Morgan fingerprint density at radius 2 is 2.57 bits per heavy atom. The normalized spacial score (nSPS) is 21.3. The highest BCUT2D eigenvalue weighted by Gasteiger charge is 2.20. The quantitative estimate of drug-likeness (QED) is 0.810. The van der Waals surface area contributed by atoms with Crippen molar-refractivity contribution < 1.29 is 14.4 Å². The van der Waals surface area contributed by atoms with Crippen LogP contribution in [-0.2, 0) is 6.42 Å². The van der Waals surface area contributed by atoms with E-state index in [1.165, 1.54) is 5.75 Å². The number of nitrogens with zero attached hydrogens (tertiary/aromatic N) is 2. The third-order valence-electron chi connectivity index (χ3n) is 2.15. The second-order valence-electron chi connectivity index (χ2n) is 3.25. The van der Waals surface area contributed by atoms with Crippen LogP contribution in [0, 0.1) is 5.92 Å². The Balaban J connectivity index is 1.98. The predicted molar refractivity (Wildman–Crippen MR) is 50.4 cm³/mol. The van der Waals surface area contributed by atoms with E-state index >= 15 is 0 Å². The first-order valence-corrected chi connectivity index (χ1v) is 5.55. The fourth-order valence-electron chi connectivity index (χ4n) is 1.43. The standard InChI is InChI=1S/C8H10N2O3S/c11-8(12)7-9-6(10-13-7)3-5-1-2-14-4-5/h5H,1-4H2,(H,11,12). The highest BCUT2D eigenvalue weighted by atomic mass is 32.2. The molecule has 14 heavy (non-hydrogen) atoms. The maximum atomic E-state index is 10.5. The summed E-state index contributed by atoms with van der Waals surface area (Å²) >= 11 is 1.91. The van der Waals surface area contributed by atoms with Crippen LogP contribution in [0.3, 0.4) is 0 Å². The van der Waals surface area contributed by atoms with Crippen LogP contribution in [0.1, 0.15) is 22.9 Å². The molecule has 0 radical (unpaired) electrons. The lowest BCUT2D eigenvalue weighted by molar-refractivity contribution is 0.0643. The highest BCUT2D eigenvalue weighted by Crippen LogP contribution is 2.25. The molecule has 2 rings (SSSR count). The van der Waals surface area contributed by atoms with Gasteiger partial charge in [-0.3, -0.25) is 0 Å². The number of carbonyl (C=O) groups is 1. The molecule has 0 bridgehead atoms. The molecular formula is C8H10N2O3S. The second kappa shape index (κ2) is 4.00. The minimum absolute atomic E-state index is 0.314. The molecule has 5 nitrogen and oxygen atoms in total. The van der Waals surface area contributed by atoms with Crippen molar-refractivity contribution in [2.24, 2.45) is 5.92 Å². The first-order chi connectivity index (χ1) is 6.75. The zero-order valence-corrected chi connectivity index (χ0v) is 8.29. The van der Waals surface area contributed by atoms with E-state index in [2.05, 4.69) is 14.7 Å². The van der Waals surface area contributed by atoms with E-state index in [-0.39, 0.29) is 5.89 Å². The second-order valence-corrected chi connectivity index (χ2v) is 4.40. The van der Waals surface area contributed by atoms with Gasteiger partial charge in [-0.2, -0.15) is 16.7 Å². The van der Waals surface area contributed by atoms with Crippen molar-refractivity contribution in [3.63, 3.8) is 0 Å². The molecule has 1 aromatic rings. The SMILES string of the molecule is O=C(O)c1nc(CC2CCSC2)no1. The Labute approximate surface area is 84.9 Å². The molecule has 1 fully saturated rings. The zero-order chi connectivity index (χ0) is 9.97. The van der Waals surface area contributed by atoms with Crippen LogP contribution in [0.15, 0.2) is 4.52 Å². The molecule has 1 saturated heterocycles. The summed E-state index contributed by atoms with van der Waals surface area (Å²) in [5.74, 6) is 1.88. The lowest BCUT2D eigenvalue weighted by Crippen LogP contribution is -2.04.